The van der Waals surface area contributed by atoms with Crippen LogP contribution in [0.3, 0.4) is 0 Å². The van der Waals surface area contributed by atoms with Crippen molar-refractivity contribution in [1.82, 2.24) is 72.3 Å². The molecule has 59 nitrogen and oxygen atoms in total. The van der Waals surface area contributed by atoms with Gasteiger partial charge in [-0.1, -0.05) is 43.7 Å². The van der Waals surface area contributed by atoms with Crippen molar-refractivity contribution in [2.75, 3.05) is 146 Å². The molecule has 28 atom stereocenters. The lowest BCUT2D eigenvalue weighted by molar-refractivity contribution is -0.0849. The van der Waals surface area contributed by atoms with Crippen LogP contribution in [0.25, 0.3) is 22.3 Å². The van der Waals surface area contributed by atoms with Gasteiger partial charge in [0.15, 0.2) is 48.3 Å². The third kappa shape index (κ3) is 26.6. The number of nitrogens with two attached hydrogens (primary N) is 2. The number of ether oxygens (including phenoxy) is 16. The average Bonchev–Trinajstić information content (AvgIpc) is 1.62. The number of pyridine rings is 1. The summed E-state index contributed by atoms with van der Waals surface area (Å²) >= 11 is 13.1. The van der Waals surface area contributed by atoms with Crippen LogP contribution >= 0.6 is 72.8 Å². The Kier molecular flexibility index (Phi) is 37.9. The Morgan fingerprint density at radius 3 is 1.12 bits per heavy atom. The Morgan fingerprint density at radius 1 is 0.396 bits per heavy atom. The summed E-state index contributed by atoms with van der Waals surface area (Å²) in [6, 6.07) is 1.53. The summed E-state index contributed by atoms with van der Waals surface area (Å²) in [7, 11) is -5.17. The first-order valence-electron chi connectivity index (χ1n) is 44.2. The number of imidazole rings is 2. The van der Waals surface area contributed by atoms with E-state index >= 15 is 18.3 Å². The molecule has 14 heterocycles. The molecule has 14 rings (SSSR count). The number of methoxy groups -OCH3 is 5. The monoisotopic (exact) mass is 2200 g/mol. The van der Waals surface area contributed by atoms with Crippen molar-refractivity contribution < 1.29 is 159 Å². The van der Waals surface area contributed by atoms with Gasteiger partial charge in [0.1, 0.15) is 115 Å². The minimum Gasteiger partial charge on any atom is -0.397 e. The van der Waals surface area contributed by atoms with Crippen molar-refractivity contribution in [2.45, 2.75) is 189 Å². The summed E-state index contributed by atoms with van der Waals surface area (Å²) in [6.07, 6.45) is -28.0. The van der Waals surface area contributed by atoms with Crippen LogP contribution in [0.1, 0.15) is 79.4 Å². The number of nitrogen functional groups attached to an aromatic ring is 2. The maximum atomic E-state index is 15.6. The van der Waals surface area contributed by atoms with Crippen LogP contribution in [0.4, 0.5) is 11.5 Å². The molecule has 0 saturated carbocycles. The lowest BCUT2D eigenvalue weighted by Crippen LogP contribution is -2.42. The van der Waals surface area contributed by atoms with Gasteiger partial charge in [-0.05, 0) is 40.2 Å². The summed E-state index contributed by atoms with van der Waals surface area (Å²) in [6.45, 7) is -15.2. The number of anilines is 2. The third-order valence-electron chi connectivity index (χ3n) is 23.5. The highest BCUT2D eigenvalue weighted by Gasteiger charge is 2.59. The van der Waals surface area contributed by atoms with Gasteiger partial charge in [-0.25, -0.2) is 66.9 Å². The van der Waals surface area contributed by atoms with Gasteiger partial charge < -0.3 is 102 Å². The maximum Gasteiger partial charge on any atom is 0.472 e. The van der Waals surface area contributed by atoms with Crippen LogP contribution in [-0.4, -0.2) is 326 Å². The van der Waals surface area contributed by atoms with E-state index in [-0.39, 0.29) is 123 Å². The Balaban J connectivity index is 0.755. The molecule has 0 bridgehead atoms. The molecule has 144 heavy (non-hydrogen) atoms. The van der Waals surface area contributed by atoms with E-state index in [0.717, 1.165) is 43.2 Å². The van der Waals surface area contributed by atoms with E-state index in [9.17, 15) is 57.8 Å². The molecule has 8 aromatic heterocycles. The number of phosphoric ester groups is 2. The summed E-state index contributed by atoms with van der Waals surface area (Å²) in [5, 5.41) is 11.9. The molecule has 0 amide bonds. The molecular formula is C77H110N17O42P5S3. The molecule has 0 aromatic carbocycles. The van der Waals surface area contributed by atoms with Gasteiger partial charge in [-0.15, -0.1) is 0 Å². The standard InChI is InChI=1S/C77H110N17O42P5S3/c1-11-42-43(24-49(126-42)89-25-37(2)65(96)85-74(89)100)132-139(108,142)124-32-47-54(59(118-21-16-113-8)71(129-47)91-27-39(4)67(98)87-76(91)102)134-137(104,105)121-30-45-53(58(117-20-15-112-7)70(128-45)90-26-38(3)66(97)86-75(90)101)133-138(106,107)122-31-46-55(61(120-23-18-115-10)73(131-46)94-36-84-51-62(79)81-34-82-64(51)94)135-141(110,144)125-33-48-56(60(119-22-17-114-9)72(130-48)92-28-40(5)68(99)88-77(92)103)136-140(109,143)123-29-44-52(95)57(116-19-14-111-6)69(127-44)93-35-83-50-41(78)12-13-80-63(50)93/h12-13,25-28,34-36,42-49,52-61,69-73,95H,11,14-24,29-33H2,1-10H3,(H2,78,80)(H,104,105)(H,106,107)(H,108,142)(H,109,143)(H,110,144)(H2,79,81,82)(H,85,96,100)(H,86,97,101)(H,87,98,102)(H,88,99,103)/t42-,43-,44-,45-,46-,47-,48-,49-,52+,53+,54+,55+,56+,57?,58?,59?,60?,61?,69-,70-,71-,72-,73-,139?,140?,141?/m1/s1. The molecule has 0 radical (unpaired) electrons. The first-order chi connectivity index (χ1) is 68.5. The number of rotatable bonds is 52. The summed E-state index contributed by atoms with van der Waals surface area (Å²) < 4.78 is 238. The smallest absolute Gasteiger partial charge is 0.397 e. The van der Waals surface area contributed by atoms with Gasteiger partial charge in [0, 0.05) is 95.2 Å². The van der Waals surface area contributed by atoms with Gasteiger partial charge in [-0.3, -0.25) is 112 Å². The fourth-order valence-electron chi connectivity index (χ4n) is 16.5. The Bertz CT molecular complexity index is 6580. The van der Waals surface area contributed by atoms with Gasteiger partial charge in [0.2, 0.25) is 0 Å². The molecule has 6 aliphatic heterocycles. The number of aliphatic hydroxyl groups excluding tert-OH is 1. The van der Waals surface area contributed by atoms with E-state index in [1.165, 1.54) is 103 Å². The zero-order valence-electron chi connectivity index (χ0n) is 78.4. The maximum absolute atomic E-state index is 15.6. The fraction of sp³-hybridized carbons (Fsp3) is 0.649. The number of phosphoric acid groups is 2. The Hall–Kier alpha value is -7.47. The molecule has 0 aliphatic carbocycles. The number of H-pyrrole nitrogens is 4. The van der Waals surface area contributed by atoms with Crippen LogP contribution in [-0.2, 0) is 144 Å². The topological polar surface area (TPSA) is 732 Å². The number of nitrogens with one attached hydrogen (secondary N) is 4. The number of hydrogen-bond donors (Lipinski definition) is 12. The predicted octanol–water partition coefficient (Wildman–Crippen LogP) is 0.897. The van der Waals surface area contributed by atoms with Crippen molar-refractivity contribution in [1.29, 1.82) is 0 Å². The number of aromatic amines is 4. The lowest BCUT2D eigenvalue weighted by atomic mass is 10.1. The SMILES string of the molecule is CC[C@H]1O[C@@H](n2cc(C)c(=O)[nH]c2=O)C[C@H]1OP(=O)(S)OC[C@H]1O[C@@H](n2cc(C)c(=O)[nH]c2=O)C(OCCOC)[C@H]1OP(=O)(O)OC[C@H]1O[C@@H](n2cc(C)c(=O)[nH]c2=O)C(OCCOC)[C@H]1OP(=O)(O)OC[C@H]1O[C@@H](n2cnc3c(N)ncnc32)C(OCCOC)[C@H]1OP(=O)(S)OC[C@H]1O[C@@H](n2cc(C)c(=O)[nH]c2=O)C(OCCOC)[C@H]1OP(=O)(S)OC[C@H]1O[C@@H](n2cnc3c(N)ccnc32)C(OCCOC)[C@H]1O. The Morgan fingerprint density at radius 2 is 0.722 bits per heavy atom. The van der Waals surface area contributed by atoms with E-state index < -0.39 is 262 Å². The summed E-state index contributed by atoms with van der Waals surface area (Å²) in [4.78, 5) is 161. The molecule has 8 aromatic rings. The van der Waals surface area contributed by atoms with Crippen LogP contribution in [0.15, 0.2) is 94.4 Å². The first kappa shape index (κ1) is 112. The van der Waals surface area contributed by atoms with E-state index in [4.69, 9.17) is 132 Å². The summed E-state index contributed by atoms with van der Waals surface area (Å²) in [5.74, 6) is -0.131. The van der Waals surface area contributed by atoms with Gasteiger partial charge in [0.25, 0.3) is 22.2 Å². The molecule has 0 spiro atoms. The quantitative estimate of drug-likeness (QED) is 0.0143. The van der Waals surface area contributed by atoms with Crippen LogP contribution < -0.4 is 56.5 Å². The van der Waals surface area contributed by atoms with E-state index in [2.05, 4.69) is 81.6 Å². The van der Waals surface area contributed by atoms with Crippen molar-refractivity contribution in [3.63, 3.8) is 0 Å². The normalized spacial score (nSPS) is 29.3. The third-order valence-corrected chi connectivity index (χ3v) is 30.3. The molecule has 10 unspecified atom stereocenters. The van der Waals surface area contributed by atoms with Gasteiger partial charge >= 0.3 is 58.8 Å². The Labute approximate surface area is 829 Å². The van der Waals surface area contributed by atoms with Crippen LogP contribution in [0.5, 0.6) is 0 Å². The molecule has 6 fully saturated rings. The van der Waals surface area contributed by atoms with Gasteiger partial charge in [0.05, 0.1) is 130 Å². The van der Waals surface area contributed by atoms with Crippen molar-refractivity contribution in [2.24, 2.45) is 0 Å². The minimum atomic E-state index is -5.96. The molecule has 6 saturated heterocycles. The zero-order chi connectivity index (χ0) is 104. The highest BCUT2D eigenvalue weighted by molar-refractivity contribution is 8.45. The number of nitrogens with zero attached hydrogens (tertiary/aromatic N) is 11. The highest BCUT2D eigenvalue weighted by Crippen LogP contribution is 2.62. The molecule has 11 N–H and O–H groups in total. The van der Waals surface area contributed by atoms with Crippen LogP contribution in [0, 0.1) is 27.7 Å². The number of hydrogen-bond acceptors (Lipinski definition) is 47. The minimum absolute atomic E-state index is 0.00561. The number of fused-ring (bicyclic) bond motifs is 2. The van der Waals surface area contributed by atoms with E-state index in [0.29, 0.717) is 5.52 Å². The molecule has 6 aliphatic rings. The number of aryl methyl sites for hydroxylation is 4. The fourth-order valence-corrected chi connectivity index (χ4v) is 22.9. The predicted molar refractivity (Wildman–Crippen MR) is 502 cm³/mol. The lowest BCUT2D eigenvalue weighted by Gasteiger charge is -2.29. The average molecular weight is 2200 g/mol. The second-order valence-electron chi connectivity index (χ2n) is 33.2. The molecule has 67 heteroatoms. The van der Waals surface area contributed by atoms with Crippen molar-refractivity contribution in [3.8, 4) is 0 Å². The number of thiol groups is 3. The highest BCUT2D eigenvalue weighted by atomic mass is 32.7. The van der Waals surface area contributed by atoms with Crippen molar-refractivity contribution in [3.05, 3.63) is 162 Å². The van der Waals surface area contributed by atoms with Crippen molar-refractivity contribution >= 4 is 107 Å². The zero-order valence-corrected chi connectivity index (χ0v) is 85.6. The number of aliphatic hydroxyl groups is 1. The van der Waals surface area contributed by atoms with E-state index in [1.807, 2.05) is 0 Å². The van der Waals surface area contributed by atoms with Crippen LogP contribution in [0.2, 0.25) is 0 Å². The first-order valence-corrected chi connectivity index (χ1v) is 55.3. The second kappa shape index (κ2) is 48.7. The molecule has 798 valence electrons. The largest absolute Gasteiger partial charge is 0.472 e. The molecular weight excluding hydrogens is 2090 g/mol. The second-order valence-corrected chi connectivity index (χ2v) is 44.6. The van der Waals surface area contributed by atoms with E-state index in [1.54, 1.807) is 6.92 Å². The number of aromatic nitrogens is 15. The summed E-state index contributed by atoms with van der Waals surface area (Å²) in [5.41, 5.74) is 5.94. The van der Waals surface area contributed by atoms with Gasteiger partial charge in [-0.2, -0.15) is 0 Å².